The fraction of sp³-hybridized carbons (Fsp3) is 0.231. The summed E-state index contributed by atoms with van der Waals surface area (Å²) >= 11 is 1.08. The van der Waals surface area contributed by atoms with E-state index in [0.717, 1.165) is 22.5 Å². The van der Waals surface area contributed by atoms with Crippen LogP contribution in [0, 0.1) is 6.92 Å². The van der Waals surface area contributed by atoms with Crippen LogP contribution in [-0.4, -0.2) is 13.5 Å². The van der Waals surface area contributed by atoms with Crippen LogP contribution >= 0.6 is 11.3 Å². The van der Waals surface area contributed by atoms with E-state index in [0.29, 0.717) is 4.88 Å². The molecule has 0 spiro atoms. The normalized spacial score (nSPS) is 11.7. The van der Waals surface area contributed by atoms with Crippen molar-refractivity contribution in [2.24, 2.45) is 0 Å². The molecule has 19 heavy (non-hydrogen) atoms. The molecule has 6 heteroatoms. The molecule has 0 bridgehead atoms. The van der Waals surface area contributed by atoms with Crippen molar-refractivity contribution in [2.75, 3.05) is 0 Å². The second-order valence-corrected chi connectivity index (χ2v) is 7.35. The number of hydrogen-bond acceptors (Lipinski definition) is 4. The SMILES string of the molecule is Cc1cccc(CNS(=O)(=O)c2ccc(CO)s2)c1. The Kier molecular flexibility index (Phi) is 4.36. The minimum atomic E-state index is -3.50. The van der Waals surface area contributed by atoms with Gasteiger partial charge < -0.3 is 5.11 Å². The Morgan fingerprint density at radius 2 is 2.05 bits per heavy atom. The monoisotopic (exact) mass is 297 g/mol. The zero-order valence-electron chi connectivity index (χ0n) is 10.5. The van der Waals surface area contributed by atoms with E-state index in [1.165, 1.54) is 6.07 Å². The van der Waals surface area contributed by atoms with Gasteiger partial charge in [-0.3, -0.25) is 0 Å². The number of sulfonamides is 1. The molecule has 0 saturated heterocycles. The first-order valence-corrected chi connectivity index (χ1v) is 8.06. The highest BCUT2D eigenvalue weighted by atomic mass is 32.2. The van der Waals surface area contributed by atoms with Gasteiger partial charge >= 0.3 is 0 Å². The molecule has 0 unspecified atom stereocenters. The lowest BCUT2D eigenvalue weighted by Gasteiger charge is -2.05. The van der Waals surface area contributed by atoms with Crippen molar-refractivity contribution in [3.63, 3.8) is 0 Å². The maximum Gasteiger partial charge on any atom is 0.250 e. The molecule has 4 nitrogen and oxygen atoms in total. The summed E-state index contributed by atoms with van der Waals surface area (Å²) in [6.45, 7) is 2.08. The second-order valence-electron chi connectivity index (χ2n) is 4.19. The van der Waals surface area contributed by atoms with E-state index in [9.17, 15) is 8.42 Å². The van der Waals surface area contributed by atoms with E-state index in [4.69, 9.17) is 5.11 Å². The third-order valence-electron chi connectivity index (χ3n) is 2.61. The van der Waals surface area contributed by atoms with Gasteiger partial charge in [0, 0.05) is 11.4 Å². The van der Waals surface area contributed by atoms with Crippen LogP contribution in [0.25, 0.3) is 0 Å². The minimum Gasteiger partial charge on any atom is -0.391 e. The highest BCUT2D eigenvalue weighted by Crippen LogP contribution is 2.21. The lowest BCUT2D eigenvalue weighted by molar-refractivity contribution is 0.285. The number of aryl methyl sites for hydroxylation is 1. The topological polar surface area (TPSA) is 66.4 Å². The molecule has 2 N–H and O–H groups in total. The summed E-state index contributed by atoms with van der Waals surface area (Å²) in [5.41, 5.74) is 2.01. The van der Waals surface area contributed by atoms with Crippen molar-refractivity contribution in [1.29, 1.82) is 0 Å². The van der Waals surface area contributed by atoms with Crippen LogP contribution in [0.4, 0.5) is 0 Å². The molecule has 1 aromatic heterocycles. The Labute approximate surface area is 116 Å². The average Bonchev–Trinajstić information content (AvgIpc) is 2.86. The van der Waals surface area contributed by atoms with Crippen molar-refractivity contribution >= 4 is 21.4 Å². The fourth-order valence-corrected chi connectivity index (χ4v) is 3.94. The molecule has 0 aliphatic heterocycles. The predicted octanol–water partition coefficient (Wildman–Crippen LogP) is 2.03. The Hall–Kier alpha value is -1.21. The summed E-state index contributed by atoms with van der Waals surface area (Å²) in [5.74, 6) is 0. The van der Waals surface area contributed by atoms with Crippen molar-refractivity contribution in [2.45, 2.75) is 24.3 Å². The summed E-state index contributed by atoms with van der Waals surface area (Å²) in [4.78, 5) is 0.635. The molecule has 0 aliphatic rings. The van der Waals surface area contributed by atoms with Gasteiger partial charge in [-0.25, -0.2) is 13.1 Å². The molecule has 102 valence electrons. The zero-order valence-corrected chi connectivity index (χ0v) is 12.1. The Morgan fingerprint density at radius 3 is 2.68 bits per heavy atom. The van der Waals surface area contributed by atoms with E-state index < -0.39 is 10.0 Å². The number of thiophene rings is 1. The Morgan fingerprint density at radius 1 is 1.26 bits per heavy atom. The molecule has 0 radical (unpaired) electrons. The van der Waals surface area contributed by atoms with Crippen molar-refractivity contribution < 1.29 is 13.5 Å². The average molecular weight is 297 g/mol. The summed E-state index contributed by atoms with van der Waals surface area (Å²) in [6.07, 6.45) is 0. The van der Waals surface area contributed by atoms with E-state index >= 15 is 0 Å². The van der Waals surface area contributed by atoms with Gasteiger partial charge in [0.2, 0.25) is 10.0 Å². The van der Waals surface area contributed by atoms with Crippen LogP contribution in [0.1, 0.15) is 16.0 Å². The number of aliphatic hydroxyl groups is 1. The van der Waals surface area contributed by atoms with Gasteiger partial charge in [-0.15, -0.1) is 11.3 Å². The van der Waals surface area contributed by atoms with E-state index in [1.54, 1.807) is 6.07 Å². The molecule has 2 rings (SSSR count). The summed E-state index contributed by atoms with van der Waals surface area (Å²) in [7, 11) is -3.50. The lowest BCUT2D eigenvalue weighted by Crippen LogP contribution is -2.22. The van der Waals surface area contributed by atoms with Crippen LogP contribution in [0.3, 0.4) is 0 Å². The Balaban J connectivity index is 2.09. The van der Waals surface area contributed by atoms with Crippen molar-refractivity contribution in [3.05, 3.63) is 52.4 Å². The van der Waals surface area contributed by atoms with Gasteiger partial charge in [-0.05, 0) is 24.6 Å². The maximum absolute atomic E-state index is 12.0. The third-order valence-corrected chi connectivity index (χ3v) is 5.57. The third kappa shape index (κ3) is 3.63. The van der Waals surface area contributed by atoms with E-state index in [-0.39, 0.29) is 17.4 Å². The van der Waals surface area contributed by atoms with Gasteiger partial charge in [0.05, 0.1) is 6.61 Å². The smallest absolute Gasteiger partial charge is 0.250 e. The quantitative estimate of drug-likeness (QED) is 0.887. The summed E-state index contributed by atoms with van der Waals surface area (Å²) in [5, 5.41) is 8.95. The van der Waals surface area contributed by atoms with Crippen molar-refractivity contribution in [3.8, 4) is 0 Å². The number of aliphatic hydroxyl groups excluding tert-OH is 1. The molecule has 1 aromatic carbocycles. The van der Waals surface area contributed by atoms with Crippen LogP contribution in [0.2, 0.25) is 0 Å². The highest BCUT2D eigenvalue weighted by molar-refractivity contribution is 7.91. The zero-order chi connectivity index (χ0) is 13.9. The summed E-state index contributed by atoms with van der Waals surface area (Å²) in [6, 6.07) is 10.8. The molecule has 0 aliphatic carbocycles. The maximum atomic E-state index is 12.0. The Bertz CT molecular complexity index is 662. The minimum absolute atomic E-state index is 0.141. The first kappa shape index (κ1) is 14.2. The predicted molar refractivity (Wildman–Crippen MR) is 75.4 cm³/mol. The number of rotatable bonds is 5. The van der Waals surface area contributed by atoms with Gasteiger partial charge in [0.25, 0.3) is 0 Å². The molecular weight excluding hydrogens is 282 g/mol. The number of nitrogens with one attached hydrogen (secondary N) is 1. The molecule has 1 heterocycles. The van der Waals surface area contributed by atoms with E-state index in [2.05, 4.69) is 4.72 Å². The van der Waals surface area contributed by atoms with Gasteiger partial charge in [-0.1, -0.05) is 29.8 Å². The number of hydrogen-bond donors (Lipinski definition) is 2. The largest absolute Gasteiger partial charge is 0.391 e. The molecule has 2 aromatic rings. The molecular formula is C13H15NO3S2. The molecule has 0 amide bonds. The highest BCUT2D eigenvalue weighted by Gasteiger charge is 2.16. The molecule has 0 fully saturated rings. The van der Waals surface area contributed by atoms with Crippen LogP contribution in [-0.2, 0) is 23.2 Å². The molecule has 0 saturated carbocycles. The standard InChI is InChI=1S/C13H15NO3S2/c1-10-3-2-4-11(7-10)8-14-19(16,17)13-6-5-12(9-15)18-13/h2-7,14-15H,8-9H2,1H3. The first-order chi connectivity index (χ1) is 9.01. The van der Waals surface area contributed by atoms with Gasteiger partial charge in [-0.2, -0.15) is 0 Å². The number of benzene rings is 1. The molecule has 0 atom stereocenters. The first-order valence-electron chi connectivity index (χ1n) is 5.76. The van der Waals surface area contributed by atoms with E-state index in [1.807, 2.05) is 31.2 Å². The van der Waals surface area contributed by atoms with Crippen LogP contribution in [0.15, 0.2) is 40.6 Å². The lowest BCUT2D eigenvalue weighted by atomic mass is 10.1. The van der Waals surface area contributed by atoms with Gasteiger partial charge in [0.15, 0.2) is 0 Å². The van der Waals surface area contributed by atoms with Crippen molar-refractivity contribution in [1.82, 2.24) is 4.72 Å². The van der Waals surface area contributed by atoms with Gasteiger partial charge in [0.1, 0.15) is 4.21 Å². The van der Waals surface area contributed by atoms with Crippen LogP contribution in [0.5, 0.6) is 0 Å². The van der Waals surface area contributed by atoms with Crippen LogP contribution < -0.4 is 4.72 Å². The second kappa shape index (κ2) is 5.83. The summed E-state index contributed by atoms with van der Waals surface area (Å²) < 4.78 is 26.9. The fourth-order valence-electron chi connectivity index (χ4n) is 1.66.